The van der Waals surface area contributed by atoms with Crippen LogP contribution in [0.25, 0.3) is 0 Å². The summed E-state index contributed by atoms with van der Waals surface area (Å²) in [4.78, 5) is 0. The molecule has 0 aromatic rings. The number of nitrogens with one attached hydrogen (secondary N) is 1. The minimum atomic E-state index is 0. The van der Waals surface area contributed by atoms with Crippen LogP contribution >= 0.6 is 12.2 Å². The zero-order valence-corrected chi connectivity index (χ0v) is 14.0. The van der Waals surface area contributed by atoms with Crippen LogP contribution < -0.4 is 4.72 Å². The Morgan fingerprint density at radius 2 is 2.25 bits per heavy atom. The Labute approximate surface area is 70.4 Å². The summed E-state index contributed by atoms with van der Waals surface area (Å²) in [6, 6.07) is 0. The summed E-state index contributed by atoms with van der Waals surface area (Å²) in [5.74, 6) is 0. The van der Waals surface area contributed by atoms with Crippen LogP contribution in [0.15, 0.2) is 0 Å². The third kappa shape index (κ3) is 17.4. The standard InChI is InChI=1S/CH2N2O2S.Rf.Y/c2-1-3-6-5-4;;/h3-4H;;. The molecule has 1 radical (unpaired) electrons. The zero-order valence-electron chi connectivity index (χ0n) is 4.00. The maximum absolute atomic E-state index is 7.62. The fraction of sp³-hybridized carbons (Fsp3) is 0. The second-order valence-corrected chi connectivity index (χ2v) is 0.892. The largest absolute Gasteiger partial charge is 0.240 e. The number of nitriles is 1. The molecule has 0 amide bonds. The van der Waals surface area contributed by atoms with Gasteiger partial charge in [0.15, 0.2) is 18.4 Å². The van der Waals surface area contributed by atoms with Crippen molar-refractivity contribution in [2.75, 3.05) is 0 Å². The third-order valence-electron chi connectivity index (χ3n) is 0.125. The smallest absolute Gasteiger partial charge is 0.189 e. The second kappa shape index (κ2) is 15.9. The van der Waals surface area contributed by atoms with E-state index in [0.29, 0.717) is 12.2 Å². The van der Waals surface area contributed by atoms with Gasteiger partial charge in [-0.1, -0.05) is 0 Å². The van der Waals surface area contributed by atoms with E-state index in [0.717, 1.165) is 0 Å². The molecule has 7 heteroatoms. The molecular weight excluding hydrogens is 460 g/mol. The Hall–Kier alpha value is -0.336. The minimum Gasteiger partial charge on any atom is -0.240 e. The molecule has 0 aliphatic rings. The van der Waals surface area contributed by atoms with E-state index >= 15 is 0 Å². The zero-order chi connectivity index (χ0) is 4.83. The summed E-state index contributed by atoms with van der Waals surface area (Å²) in [7, 11) is 0. The summed E-state index contributed by atoms with van der Waals surface area (Å²) in [5, 5.41) is 15.1. The molecule has 4 nitrogen and oxygen atoms in total. The molecule has 0 fully saturated rings. The van der Waals surface area contributed by atoms with E-state index in [2.05, 4.69) is 4.33 Å². The Morgan fingerprint density at radius 1 is 1.75 bits per heavy atom. The topological polar surface area (TPSA) is 65.3 Å². The van der Waals surface area contributed by atoms with Crippen molar-refractivity contribution < 1.29 is 42.3 Å². The monoisotopic (exact) mass is 462 g/mol. The average Bonchev–Trinajstić information content (AvgIpc) is 1.61. The van der Waals surface area contributed by atoms with Crippen LogP contribution in [0.2, 0.25) is 0 Å². The van der Waals surface area contributed by atoms with E-state index < -0.39 is 0 Å². The van der Waals surface area contributed by atoms with Gasteiger partial charge in [0.1, 0.15) is 0 Å². The van der Waals surface area contributed by atoms with Crippen molar-refractivity contribution in [3.05, 3.63) is 0 Å². The average molecular weight is 462 g/mol. The normalized spacial score (nSPS) is 5.00. The molecule has 0 atom stereocenters. The summed E-state index contributed by atoms with van der Waals surface area (Å²) >= 11 is 0.453. The predicted octanol–water partition coefficient (Wildman–Crippen LogP) is 0.107. The van der Waals surface area contributed by atoms with Gasteiger partial charge < -0.3 is 0 Å². The van der Waals surface area contributed by atoms with Gasteiger partial charge in [0.2, 0.25) is 0 Å². The Bertz CT molecular complexity index is 67.5. The molecule has 0 spiro atoms. The van der Waals surface area contributed by atoms with E-state index in [1.54, 1.807) is 0 Å². The van der Waals surface area contributed by atoms with E-state index in [4.69, 9.17) is 10.5 Å². The van der Waals surface area contributed by atoms with Gasteiger partial charge in [-0.3, -0.25) is 0 Å². The van der Waals surface area contributed by atoms with Crippen molar-refractivity contribution in [3.8, 4) is 6.19 Å². The quantitative estimate of drug-likeness (QED) is 0.116. The van der Waals surface area contributed by atoms with Crippen LogP contribution in [0.3, 0.4) is 0 Å². The molecule has 0 saturated heterocycles. The van der Waals surface area contributed by atoms with Gasteiger partial charge in [0.05, 0.1) is 0 Å². The molecule has 0 saturated carbocycles. The van der Waals surface area contributed by atoms with Crippen molar-refractivity contribution in [3.63, 3.8) is 0 Å². The number of rotatable bonds is 2. The van der Waals surface area contributed by atoms with Crippen LogP contribution in [0, 0.1) is 11.5 Å². The molecule has 0 bridgehead atoms. The van der Waals surface area contributed by atoms with Crippen LogP contribution in [-0.4, -0.2) is 5.26 Å². The van der Waals surface area contributed by atoms with E-state index in [9.17, 15) is 0 Å². The SMILES string of the molecule is N#CNSOO.[Rf].[Y]. The minimum absolute atomic E-state index is 0. The van der Waals surface area contributed by atoms with E-state index in [1.165, 1.54) is 6.19 Å². The molecule has 0 rings (SSSR count). The van der Waals surface area contributed by atoms with E-state index in [1.807, 2.05) is 4.72 Å². The van der Waals surface area contributed by atoms with Gasteiger partial charge in [-0.25, -0.2) is 9.98 Å². The molecule has 0 aromatic heterocycles. The molecule has 0 unspecified atom stereocenters. The first-order valence-corrected chi connectivity index (χ1v) is 1.77. The predicted molar refractivity (Wildman–Crippen MR) is 20.1 cm³/mol. The molecule has 8 heavy (non-hydrogen) atoms. The summed E-state index contributed by atoms with van der Waals surface area (Å²) in [6.45, 7) is 0. The number of nitrogens with zero attached hydrogens (tertiary/aromatic N) is 1. The van der Waals surface area contributed by atoms with Crippen molar-refractivity contribution >= 4 is 12.2 Å². The van der Waals surface area contributed by atoms with Gasteiger partial charge in [-0.2, -0.15) is 5.26 Å². The summed E-state index contributed by atoms with van der Waals surface area (Å²) in [6.07, 6.45) is 1.50. The van der Waals surface area contributed by atoms with Crippen LogP contribution in [0.4, 0.5) is 0 Å². The van der Waals surface area contributed by atoms with E-state index in [-0.39, 0.29) is 32.7 Å². The van der Waals surface area contributed by atoms with Crippen molar-refractivity contribution in [2.24, 2.45) is 0 Å². The van der Waals surface area contributed by atoms with Gasteiger partial charge >= 0.3 is 0 Å². The van der Waals surface area contributed by atoms with Gasteiger partial charge in [-0.15, -0.1) is 4.33 Å². The molecule has 0 aliphatic carbocycles. The maximum atomic E-state index is 7.62. The Balaban J connectivity index is -0.000000125. The summed E-state index contributed by atoms with van der Waals surface area (Å²) in [5.41, 5.74) is 0. The van der Waals surface area contributed by atoms with Crippen LogP contribution in [0.5, 0.6) is 0 Å². The maximum Gasteiger partial charge on any atom is 0.189 e. The van der Waals surface area contributed by atoms with Crippen molar-refractivity contribution in [1.82, 2.24) is 4.72 Å². The first-order chi connectivity index (χ1) is 2.91. The molecule has 2 N–H and O–H groups in total. The Morgan fingerprint density at radius 3 is 2.38 bits per heavy atom. The first-order valence-electron chi connectivity index (χ1n) is 1.03. The third-order valence-corrected chi connectivity index (χ3v) is 0.374. The number of hydrogen-bond acceptors (Lipinski definition) is 5. The summed E-state index contributed by atoms with van der Waals surface area (Å²) < 4.78 is 5.31. The Kier molecular flexibility index (Phi) is 31.1. The van der Waals surface area contributed by atoms with Crippen molar-refractivity contribution in [1.29, 1.82) is 5.26 Å². The first kappa shape index (κ1) is 15.6. The van der Waals surface area contributed by atoms with Crippen molar-refractivity contribution in [2.45, 2.75) is 0 Å². The second-order valence-electron chi connectivity index (χ2n) is 0.372. The molecule has 39 valence electrons. The van der Waals surface area contributed by atoms with Gasteiger partial charge in [-0.05, 0) is 0 Å². The molecular formula is CH2N2O2RfSY. The molecule has 0 aromatic carbocycles. The van der Waals surface area contributed by atoms with Crippen LogP contribution in [0.1, 0.15) is 0 Å². The fourth-order valence-electron chi connectivity index (χ4n) is 0.0373. The molecule has 0 aliphatic heterocycles. The molecule has 0 heterocycles. The van der Waals surface area contributed by atoms with Gasteiger partial charge in [0.25, 0.3) is 0 Å². The van der Waals surface area contributed by atoms with Crippen LogP contribution in [-0.2, 0) is 37.0 Å². The fourth-order valence-corrected chi connectivity index (χ4v) is 0.112. The number of hydrogen-bond donors (Lipinski definition) is 2. The van der Waals surface area contributed by atoms with Gasteiger partial charge in [0, 0.05) is 32.7 Å².